The third-order valence-corrected chi connectivity index (χ3v) is 3.76. The predicted molar refractivity (Wildman–Crippen MR) is 78.2 cm³/mol. The van der Waals surface area contributed by atoms with Gasteiger partial charge in [0.1, 0.15) is 28.9 Å². The minimum Gasteiger partial charge on any atom is -0.507 e. The van der Waals surface area contributed by atoms with Gasteiger partial charge in [0, 0.05) is 11.6 Å². The van der Waals surface area contributed by atoms with Crippen molar-refractivity contribution in [2.45, 2.75) is 19.4 Å². The first-order chi connectivity index (χ1) is 10.1. The molecule has 0 saturated heterocycles. The number of benzene rings is 2. The van der Waals surface area contributed by atoms with Crippen molar-refractivity contribution in [1.29, 1.82) is 0 Å². The molecule has 1 aliphatic heterocycles. The number of carbonyl (C=O) groups excluding carboxylic acids is 1. The number of hydrogen-bond donors (Lipinski definition) is 1. The van der Waals surface area contributed by atoms with Crippen LogP contribution in [-0.4, -0.2) is 18.0 Å². The lowest BCUT2D eigenvalue weighted by Crippen LogP contribution is -2.21. The van der Waals surface area contributed by atoms with Crippen LogP contribution < -0.4 is 9.47 Å². The van der Waals surface area contributed by atoms with Crippen molar-refractivity contribution in [2.75, 3.05) is 7.11 Å². The molecule has 1 heterocycles. The van der Waals surface area contributed by atoms with Gasteiger partial charge in [0.2, 0.25) is 0 Å². The van der Waals surface area contributed by atoms with Gasteiger partial charge in [0.05, 0.1) is 13.5 Å². The summed E-state index contributed by atoms with van der Waals surface area (Å²) in [6.45, 7) is 1.71. The van der Waals surface area contributed by atoms with Gasteiger partial charge in [-0.1, -0.05) is 30.3 Å². The van der Waals surface area contributed by atoms with Crippen LogP contribution in [0.2, 0.25) is 0 Å². The topological polar surface area (TPSA) is 55.8 Å². The summed E-state index contributed by atoms with van der Waals surface area (Å²) in [6, 6.07) is 11.1. The molecule has 0 unspecified atom stereocenters. The van der Waals surface area contributed by atoms with Gasteiger partial charge in [-0.3, -0.25) is 4.79 Å². The molecule has 4 heteroatoms. The molecule has 0 aromatic heterocycles. The first-order valence-corrected chi connectivity index (χ1v) is 6.77. The van der Waals surface area contributed by atoms with E-state index in [4.69, 9.17) is 9.47 Å². The second-order valence-corrected chi connectivity index (χ2v) is 5.07. The number of rotatable bonds is 2. The number of ether oxygens (including phenoxy) is 2. The van der Waals surface area contributed by atoms with E-state index in [9.17, 15) is 9.90 Å². The molecule has 0 saturated carbocycles. The Morgan fingerprint density at radius 2 is 2.00 bits per heavy atom. The Bertz CT molecular complexity index is 692. The zero-order chi connectivity index (χ0) is 15.0. The van der Waals surface area contributed by atoms with Crippen LogP contribution in [0.5, 0.6) is 17.2 Å². The van der Waals surface area contributed by atoms with E-state index < -0.39 is 0 Å². The van der Waals surface area contributed by atoms with Crippen molar-refractivity contribution < 1.29 is 19.4 Å². The Balaban J connectivity index is 2.07. The van der Waals surface area contributed by atoms with Crippen LogP contribution in [0.1, 0.15) is 34.0 Å². The molecule has 1 aliphatic rings. The summed E-state index contributed by atoms with van der Waals surface area (Å²) in [4.78, 5) is 12.5. The zero-order valence-electron chi connectivity index (χ0n) is 11.9. The summed E-state index contributed by atoms with van der Waals surface area (Å²) in [5.74, 6) is 0.790. The number of carbonyl (C=O) groups is 1. The molecule has 4 nitrogen and oxygen atoms in total. The minimum atomic E-state index is -0.335. The highest BCUT2D eigenvalue weighted by Crippen LogP contribution is 2.44. The summed E-state index contributed by atoms with van der Waals surface area (Å²) in [5, 5.41) is 9.96. The lowest BCUT2D eigenvalue weighted by atomic mass is 9.94. The molecule has 0 radical (unpaired) electrons. The Hall–Kier alpha value is -2.49. The second-order valence-electron chi connectivity index (χ2n) is 5.07. The lowest BCUT2D eigenvalue weighted by molar-refractivity contribution is 0.0844. The van der Waals surface area contributed by atoms with Crippen LogP contribution in [0.4, 0.5) is 0 Å². The van der Waals surface area contributed by atoms with E-state index in [1.165, 1.54) is 13.2 Å². The van der Waals surface area contributed by atoms with Crippen LogP contribution in [0, 0.1) is 6.92 Å². The highest BCUT2D eigenvalue weighted by molar-refractivity contribution is 6.03. The number of phenols is 1. The molecule has 1 N–H and O–H groups in total. The molecule has 0 bridgehead atoms. The lowest BCUT2D eigenvalue weighted by Gasteiger charge is -2.27. The van der Waals surface area contributed by atoms with Gasteiger partial charge in [-0.25, -0.2) is 0 Å². The van der Waals surface area contributed by atoms with Crippen LogP contribution in [0.25, 0.3) is 0 Å². The normalized spacial score (nSPS) is 17.0. The molecule has 0 spiro atoms. The van der Waals surface area contributed by atoms with Crippen molar-refractivity contribution in [1.82, 2.24) is 0 Å². The molecule has 0 aliphatic carbocycles. The largest absolute Gasteiger partial charge is 0.507 e. The average Bonchev–Trinajstić information content (AvgIpc) is 2.50. The number of Topliss-reactive ketones (excluding diaryl/α,β-unsaturated/α-hetero) is 1. The molecule has 2 aromatic rings. The third kappa shape index (κ3) is 2.23. The van der Waals surface area contributed by atoms with Crippen molar-refractivity contribution in [3.8, 4) is 17.2 Å². The molecule has 108 valence electrons. The molecule has 0 fully saturated rings. The van der Waals surface area contributed by atoms with Gasteiger partial charge in [0.25, 0.3) is 0 Å². The van der Waals surface area contributed by atoms with E-state index in [1.807, 2.05) is 30.3 Å². The highest BCUT2D eigenvalue weighted by Gasteiger charge is 2.32. The quantitative estimate of drug-likeness (QED) is 0.918. The van der Waals surface area contributed by atoms with Crippen molar-refractivity contribution in [3.05, 3.63) is 53.1 Å². The van der Waals surface area contributed by atoms with Crippen molar-refractivity contribution in [3.63, 3.8) is 0 Å². The van der Waals surface area contributed by atoms with Gasteiger partial charge < -0.3 is 14.6 Å². The van der Waals surface area contributed by atoms with Crippen molar-refractivity contribution in [2.24, 2.45) is 0 Å². The number of phenolic OH excluding ortho intramolecular Hbond substituents is 1. The van der Waals surface area contributed by atoms with Gasteiger partial charge in [-0.2, -0.15) is 0 Å². The van der Waals surface area contributed by atoms with E-state index in [0.717, 1.165) is 5.56 Å². The summed E-state index contributed by atoms with van der Waals surface area (Å²) >= 11 is 0. The third-order valence-electron chi connectivity index (χ3n) is 3.76. The number of fused-ring (bicyclic) bond motifs is 1. The van der Waals surface area contributed by atoms with E-state index >= 15 is 0 Å². The van der Waals surface area contributed by atoms with Crippen LogP contribution >= 0.6 is 0 Å². The van der Waals surface area contributed by atoms with Gasteiger partial charge in [-0.05, 0) is 12.5 Å². The molecule has 2 aromatic carbocycles. The van der Waals surface area contributed by atoms with Gasteiger partial charge in [-0.15, -0.1) is 0 Å². The Morgan fingerprint density at radius 1 is 1.29 bits per heavy atom. The zero-order valence-corrected chi connectivity index (χ0v) is 11.9. The fourth-order valence-corrected chi connectivity index (χ4v) is 2.65. The fourth-order valence-electron chi connectivity index (χ4n) is 2.65. The Labute approximate surface area is 122 Å². The van der Waals surface area contributed by atoms with E-state index in [1.54, 1.807) is 6.92 Å². The minimum absolute atomic E-state index is 0.0370. The second kappa shape index (κ2) is 5.13. The monoisotopic (exact) mass is 284 g/mol. The maximum absolute atomic E-state index is 12.5. The molecular weight excluding hydrogens is 268 g/mol. The summed E-state index contributed by atoms with van der Waals surface area (Å²) in [6.07, 6.45) is -0.0737. The molecule has 21 heavy (non-hydrogen) atoms. The van der Waals surface area contributed by atoms with Crippen LogP contribution in [0.3, 0.4) is 0 Å². The number of hydrogen-bond acceptors (Lipinski definition) is 4. The maximum Gasteiger partial charge on any atom is 0.174 e. The average molecular weight is 284 g/mol. The SMILES string of the molecule is COc1c(C)c(O)cc2c1C(=O)C[C@@H](c1ccccc1)O2. The van der Waals surface area contributed by atoms with Gasteiger partial charge >= 0.3 is 0 Å². The van der Waals surface area contributed by atoms with E-state index in [0.29, 0.717) is 22.6 Å². The summed E-state index contributed by atoms with van der Waals surface area (Å²) in [7, 11) is 1.48. The standard InChI is InChI=1S/C17H16O4/c1-10-12(18)8-15-16(17(10)20-2)13(19)9-14(21-15)11-6-4-3-5-7-11/h3-8,14,18H,9H2,1-2H3/t14-/m0/s1. The molecule has 1 atom stereocenters. The van der Waals surface area contributed by atoms with E-state index in [2.05, 4.69) is 0 Å². The fraction of sp³-hybridized carbons (Fsp3) is 0.235. The highest BCUT2D eigenvalue weighted by atomic mass is 16.5. The maximum atomic E-state index is 12.5. The van der Waals surface area contributed by atoms with Crippen molar-refractivity contribution >= 4 is 5.78 Å². The summed E-state index contributed by atoms with van der Waals surface area (Å²) < 4.78 is 11.2. The number of aromatic hydroxyl groups is 1. The Kier molecular flexibility index (Phi) is 3.29. The van der Waals surface area contributed by atoms with Crippen LogP contribution in [-0.2, 0) is 0 Å². The smallest absolute Gasteiger partial charge is 0.174 e. The van der Waals surface area contributed by atoms with Gasteiger partial charge in [0.15, 0.2) is 5.78 Å². The summed E-state index contributed by atoms with van der Waals surface area (Å²) in [5.41, 5.74) is 1.90. The molecule has 0 amide bonds. The predicted octanol–water partition coefficient (Wildman–Crippen LogP) is 3.42. The molecular formula is C17H16O4. The first kappa shape index (κ1) is 13.5. The number of methoxy groups -OCH3 is 1. The number of ketones is 1. The van der Waals surface area contributed by atoms with E-state index in [-0.39, 0.29) is 24.1 Å². The first-order valence-electron chi connectivity index (χ1n) is 6.77. The molecule has 3 rings (SSSR count). The van der Waals surface area contributed by atoms with Crippen LogP contribution in [0.15, 0.2) is 36.4 Å². The Morgan fingerprint density at radius 3 is 2.67 bits per heavy atom.